The van der Waals surface area contributed by atoms with Gasteiger partial charge in [-0.1, -0.05) is 18.2 Å². The predicted octanol–water partition coefficient (Wildman–Crippen LogP) is 1.69. The number of aromatic nitrogens is 1. The molecule has 0 aliphatic carbocycles. The van der Waals surface area contributed by atoms with Gasteiger partial charge in [-0.2, -0.15) is 0 Å². The summed E-state index contributed by atoms with van der Waals surface area (Å²) in [6.45, 7) is 0.464. The number of hydrogen-bond donors (Lipinski definition) is 2. The van der Waals surface area contributed by atoms with E-state index >= 15 is 0 Å². The molecule has 0 unspecified atom stereocenters. The van der Waals surface area contributed by atoms with Crippen molar-refractivity contribution < 1.29 is 0 Å². The molecule has 0 saturated carbocycles. The lowest BCUT2D eigenvalue weighted by Gasteiger charge is -2.14. The molecule has 4 N–H and O–H groups in total. The van der Waals surface area contributed by atoms with E-state index in [0.29, 0.717) is 6.54 Å². The summed E-state index contributed by atoms with van der Waals surface area (Å²) >= 11 is 0. The van der Waals surface area contributed by atoms with Gasteiger partial charge >= 0.3 is 0 Å². The number of aliphatic imine (C=N–C) groups is 1. The molecule has 5 nitrogen and oxygen atoms in total. The van der Waals surface area contributed by atoms with Crippen LogP contribution in [0, 0.1) is 0 Å². The minimum Gasteiger partial charge on any atom is -0.370 e. The van der Waals surface area contributed by atoms with Gasteiger partial charge in [0, 0.05) is 19.5 Å². The fourth-order valence-electron chi connectivity index (χ4n) is 1.77. The van der Waals surface area contributed by atoms with E-state index in [4.69, 9.17) is 11.5 Å². The number of para-hydroxylation sites is 1. The Hall–Kier alpha value is -1.57. The molecule has 0 aliphatic heterocycles. The quantitative estimate of drug-likeness (QED) is 0.489. The third-order valence-corrected chi connectivity index (χ3v) is 2.68. The highest BCUT2D eigenvalue weighted by atomic mass is 127. The third-order valence-electron chi connectivity index (χ3n) is 2.68. The number of anilines is 1. The predicted molar refractivity (Wildman–Crippen MR) is 91.0 cm³/mol. The van der Waals surface area contributed by atoms with Crippen LogP contribution in [0.1, 0.15) is 5.56 Å². The molecule has 102 valence electrons. The Morgan fingerprint density at radius 2 is 1.95 bits per heavy atom. The van der Waals surface area contributed by atoms with Gasteiger partial charge in [0.15, 0.2) is 5.96 Å². The van der Waals surface area contributed by atoms with Crippen LogP contribution in [0.15, 0.2) is 35.3 Å². The second-order valence-corrected chi connectivity index (χ2v) is 4.29. The van der Waals surface area contributed by atoms with Gasteiger partial charge in [0.25, 0.3) is 0 Å². The standard InChI is InChI=1S/C13H17N5.HI/c1-18(2)12-7-9(8-16-13(14)15)10-5-3-4-6-11(10)17-12;/h3-7H,8H2,1-2H3,(H4,14,15,16);1H. The van der Waals surface area contributed by atoms with Crippen LogP contribution in [0.2, 0.25) is 0 Å². The molecule has 0 spiro atoms. The molecule has 0 fully saturated rings. The van der Waals surface area contributed by atoms with E-state index in [2.05, 4.69) is 9.98 Å². The smallest absolute Gasteiger partial charge is 0.186 e. The van der Waals surface area contributed by atoms with E-state index in [1.807, 2.05) is 49.3 Å². The number of guanidine groups is 1. The normalized spacial score (nSPS) is 9.79. The molecular weight excluding hydrogens is 353 g/mol. The first-order valence-electron chi connectivity index (χ1n) is 5.69. The number of halogens is 1. The van der Waals surface area contributed by atoms with E-state index in [-0.39, 0.29) is 29.9 Å². The average molecular weight is 371 g/mol. The minimum absolute atomic E-state index is 0. The molecule has 0 saturated heterocycles. The van der Waals surface area contributed by atoms with Gasteiger partial charge in [0.2, 0.25) is 0 Å². The Labute approximate surface area is 129 Å². The summed E-state index contributed by atoms with van der Waals surface area (Å²) in [5, 5.41) is 1.08. The van der Waals surface area contributed by atoms with Crippen LogP contribution in [-0.4, -0.2) is 25.0 Å². The number of fused-ring (bicyclic) bond motifs is 1. The van der Waals surface area contributed by atoms with E-state index < -0.39 is 0 Å². The Balaban J connectivity index is 0.00000180. The Morgan fingerprint density at radius 1 is 1.26 bits per heavy atom. The van der Waals surface area contributed by atoms with Crippen LogP contribution in [-0.2, 0) is 6.54 Å². The Kier molecular flexibility index (Phi) is 5.34. The zero-order chi connectivity index (χ0) is 13.1. The van der Waals surface area contributed by atoms with Crippen molar-refractivity contribution in [1.29, 1.82) is 0 Å². The molecule has 19 heavy (non-hydrogen) atoms. The van der Waals surface area contributed by atoms with Crippen molar-refractivity contribution in [2.75, 3.05) is 19.0 Å². The Bertz CT molecular complexity index is 591. The highest BCUT2D eigenvalue weighted by Crippen LogP contribution is 2.22. The molecule has 6 heteroatoms. The maximum atomic E-state index is 5.38. The van der Waals surface area contributed by atoms with E-state index in [1.165, 1.54) is 0 Å². The molecule has 1 heterocycles. The van der Waals surface area contributed by atoms with Crippen LogP contribution in [0.5, 0.6) is 0 Å². The van der Waals surface area contributed by atoms with Crippen LogP contribution in [0.3, 0.4) is 0 Å². The molecule has 1 aromatic carbocycles. The van der Waals surface area contributed by atoms with Gasteiger partial charge in [-0.15, -0.1) is 24.0 Å². The maximum Gasteiger partial charge on any atom is 0.186 e. The molecule has 0 aliphatic rings. The summed E-state index contributed by atoms with van der Waals surface area (Å²) < 4.78 is 0. The number of nitrogens with zero attached hydrogens (tertiary/aromatic N) is 3. The number of hydrogen-bond acceptors (Lipinski definition) is 3. The second kappa shape index (κ2) is 6.55. The number of benzene rings is 1. The summed E-state index contributed by atoms with van der Waals surface area (Å²) in [4.78, 5) is 10.6. The third kappa shape index (κ3) is 3.69. The van der Waals surface area contributed by atoms with Crippen LogP contribution in [0.25, 0.3) is 10.9 Å². The molecule has 1 aromatic heterocycles. The minimum atomic E-state index is 0. The van der Waals surface area contributed by atoms with Gasteiger partial charge < -0.3 is 16.4 Å². The Morgan fingerprint density at radius 3 is 2.58 bits per heavy atom. The van der Waals surface area contributed by atoms with Crippen molar-refractivity contribution in [3.63, 3.8) is 0 Å². The maximum absolute atomic E-state index is 5.38. The summed E-state index contributed by atoms with van der Waals surface area (Å²) in [6.07, 6.45) is 0. The second-order valence-electron chi connectivity index (χ2n) is 4.29. The lowest BCUT2D eigenvalue weighted by Crippen LogP contribution is -2.22. The summed E-state index contributed by atoms with van der Waals surface area (Å²) in [7, 11) is 3.92. The zero-order valence-electron chi connectivity index (χ0n) is 11.0. The van der Waals surface area contributed by atoms with E-state index in [9.17, 15) is 0 Å². The average Bonchev–Trinajstić information content (AvgIpc) is 2.35. The zero-order valence-corrected chi connectivity index (χ0v) is 13.3. The molecule has 2 rings (SSSR count). The first kappa shape index (κ1) is 15.5. The molecule has 0 bridgehead atoms. The summed E-state index contributed by atoms with van der Waals surface area (Å²) in [5.74, 6) is 0.997. The number of pyridine rings is 1. The van der Waals surface area contributed by atoms with Crippen LogP contribution >= 0.6 is 24.0 Å². The fourth-order valence-corrected chi connectivity index (χ4v) is 1.77. The molecule has 2 aromatic rings. The lowest BCUT2D eigenvalue weighted by atomic mass is 10.1. The highest BCUT2D eigenvalue weighted by Gasteiger charge is 2.06. The summed E-state index contributed by atoms with van der Waals surface area (Å²) in [5.41, 5.74) is 12.8. The van der Waals surface area contributed by atoms with Crippen LogP contribution in [0.4, 0.5) is 5.82 Å². The molecule has 0 amide bonds. The van der Waals surface area contributed by atoms with Gasteiger partial charge in [-0.05, 0) is 17.7 Å². The van der Waals surface area contributed by atoms with Crippen molar-refractivity contribution in [1.82, 2.24) is 4.98 Å². The van der Waals surface area contributed by atoms with Crippen molar-refractivity contribution >= 4 is 46.7 Å². The van der Waals surface area contributed by atoms with Gasteiger partial charge in [-0.25, -0.2) is 9.98 Å². The number of nitrogens with two attached hydrogens (primary N) is 2. The lowest BCUT2D eigenvalue weighted by molar-refractivity contribution is 1.03. The summed E-state index contributed by atoms with van der Waals surface area (Å²) in [6, 6.07) is 9.98. The van der Waals surface area contributed by atoms with E-state index in [1.54, 1.807) is 0 Å². The SMILES string of the molecule is CN(C)c1cc(CN=C(N)N)c2ccccc2n1.I. The molecule has 0 radical (unpaired) electrons. The fraction of sp³-hybridized carbons (Fsp3) is 0.231. The number of rotatable bonds is 3. The van der Waals surface area contributed by atoms with Gasteiger partial charge in [0.05, 0.1) is 12.1 Å². The van der Waals surface area contributed by atoms with Crippen molar-refractivity contribution in [2.24, 2.45) is 16.5 Å². The van der Waals surface area contributed by atoms with Gasteiger partial charge in [0.1, 0.15) is 5.82 Å². The van der Waals surface area contributed by atoms with E-state index in [0.717, 1.165) is 22.3 Å². The van der Waals surface area contributed by atoms with Crippen molar-refractivity contribution in [2.45, 2.75) is 6.54 Å². The topological polar surface area (TPSA) is 80.5 Å². The van der Waals surface area contributed by atoms with Crippen molar-refractivity contribution in [3.8, 4) is 0 Å². The molecular formula is C13H18IN5. The highest BCUT2D eigenvalue weighted by molar-refractivity contribution is 14.0. The van der Waals surface area contributed by atoms with Crippen LogP contribution < -0.4 is 16.4 Å². The monoisotopic (exact) mass is 371 g/mol. The first-order valence-corrected chi connectivity index (χ1v) is 5.69. The van der Waals surface area contributed by atoms with Gasteiger partial charge in [-0.3, -0.25) is 0 Å². The van der Waals surface area contributed by atoms with Crippen molar-refractivity contribution in [3.05, 3.63) is 35.9 Å². The molecule has 0 atom stereocenters. The first-order chi connectivity index (χ1) is 8.58. The largest absolute Gasteiger partial charge is 0.370 e.